The van der Waals surface area contributed by atoms with Crippen LogP contribution in [0.25, 0.3) is 22.5 Å². The second-order valence-corrected chi connectivity index (χ2v) is 5.30. The Labute approximate surface area is 121 Å². The number of rotatable bonds is 2. The molecule has 1 heterocycles. The third-order valence-electron chi connectivity index (χ3n) is 2.93. The summed E-state index contributed by atoms with van der Waals surface area (Å²) in [5.74, 6) is 0. The Bertz CT molecular complexity index is 627. The first kappa shape index (κ1) is 12.3. The minimum Gasteiger partial charge on any atom is -0.172 e. The van der Waals surface area contributed by atoms with Crippen molar-refractivity contribution < 1.29 is 0 Å². The van der Waals surface area contributed by atoms with Crippen LogP contribution in [0.15, 0.2) is 48.5 Å². The van der Waals surface area contributed by atoms with E-state index in [1.54, 1.807) is 0 Å². The topological polar surface area (TPSA) is 25.8 Å². The molecule has 2 nitrogen and oxygen atoms in total. The number of hydrogen-bond donors (Lipinski definition) is 0. The molecule has 0 bridgehead atoms. The highest BCUT2D eigenvalue weighted by molar-refractivity contribution is 6.99. The van der Waals surface area contributed by atoms with Gasteiger partial charge in [0.05, 0.1) is 11.7 Å². The van der Waals surface area contributed by atoms with E-state index in [1.807, 2.05) is 24.3 Å². The Hall–Kier alpha value is -1.71. The fourth-order valence-electron chi connectivity index (χ4n) is 1.89. The number of benzene rings is 2. The lowest BCUT2D eigenvalue weighted by Gasteiger charge is -2.02. The van der Waals surface area contributed by atoms with Crippen LogP contribution in [0.3, 0.4) is 0 Å². The molecule has 0 fully saturated rings. The van der Waals surface area contributed by atoms with E-state index in [2.05, 4.69) is 39.9 Å². The molecule has 3 aromatic rings. The number of aromatic nitrogens is 2. The first-order chi connectivity index (χ1) is 9.24. The molecular weight excluding hydrogens is 276 g/mol. The van der Waals surface area contributed by atoms with Gasteiger partial charge in [-0.15, -0.1) is 0 Å². The minimum absolute atomic E-state index is 0.726. The third-order valence-corrected chi connectivity index (χ3v) is 3.71. The standard InChI is InChI=1S/C15H11ClN2S/c1-10-2-4-11(5-3-10)14-15(18-19-17-14)12-6-8-13(16)9-7-12/h2-9H,1H3. The van der Waals surface area contributed by atoms with E-state index in [-0.39, 0.29) is 0 Å². The highest BCUT2D eigenvalue weighted by Crippen LogP contribution is 2.30. The summed E-state index contributed by atoms with van der Waals surface area (Å²) in [6, 6.07) is 16.0. The highest BCUT2D eigenvalue weighted by Gasteiger charge is 2.12. The van der Waals surface area contributed by atoms with Crippen LogP contribution in [0.1, 0.15) is 5.56 Å². The van der Waals surface area contributed by atoms with Gasteiger partial charge >= 0.3 is 0 Å². The smallest absolute Gasteiger partial charge is 0.112 e. The maximum atomic E-state index is 5.91. The molecule has 94 valence electrons. The molecule has 0 N–H and O–H groups in total. The number of halogens is 1. The number of nitrogens with zero attached hydrogens (tertiary/aromatic N) is 2. The van der Waals surface area contributed by atoms with Crippen molar-refractivity contribution in [3.8, 4) is 22.5 Å². The largest absolute Gasteiger partial charge is 0.172 e. The van der Waals surface area contributed by atoms with Gasteiger partial charge in [-0.25, -0.2) is 0 Å². The molecule has 0 aliphatic carbocycles. The van der Waals surface area contributed by atoms with Crippen molar-refractivity contribution in [2.45, 2.75) is 6.92 Å². The van der Waals surface area contributed by atoms with Crippen LogP contribution in [0.4, 0.5) is 0 Å². The Morgan fingerprint density at radius 1 is 0.789 bits per heavy atom. The van der Waals surface area contributed by atoms with Crippen molar-refractivity contribution in [2.24, 2.45) is 0 Å². The van der Waals surface area contributed by atoms with Crippen LogP contribution in [0, 0.1) is 6.92 Å². The molecule has 3 rings (SSSR count). The van der Waals surface area contributed by atoms with Crippen molar-refractivity contribution in [1.82, 2.24) is 8.75 Å². The first-order valence-electron chi connectivity index (χ1n) is 5.89. The Morgan fingerprint density at radius 2 is 1.26 bits per heavy atom. The molecule has 0 saturated carbocycles. The summed E-state index contributed by atoms with van der Waals surface area (Å²) < 4.78 is 8.81. The predicted octanol–water partition coefficient (Wildman–Crippen LogP) is 4.83. The van der Waals surface area contributed by atoms with Gasteiger partial charge in [-0.2, -0.15) is 8.75 Å². The summed E-state index contributed by atoms with van der Waals surface area (Å²) in [5, 5.41) is 0.726. The predicted molar refractivity (Wildman–Crippen MR) is 80.5 cm³/mol. The van der Waals surface area contributed by atoms with E-state index in [0.717, 1.165) is 27.5 Å². The fourth-order valence-corrected chi connectivity index (χ4v) is 2.60. The van der Waals surface area contributed by atoms with E-state index in [9.17, 15) is 0 Å². The van der Waals surface area contributed by atoms with Crippen LogP contribution in [-0.2, 0) is 0 Å². The number of aryl methyl sites for hydroxylation is 1. The zero-order chi connectivity index (χ0) is 13.2. The van der Waals surface area contributed by atoms with Crippen molar-refractivity contribution in [3.05, 3.63) is 59.1 Å². The molecular formula is C15H11ClN2S. The summed E-state index contributed by atoms with van der Waals surface area (Å²) >= 11 is 7.15. The lowest BCUT2D eigenvalue weighted by atomic mass is 10.0. The van der Waals surface area contributed by atoms with Gasteiger partial charge < -0.3 is 0 Å². The van der Waals surface area contributed by atoms with Gasteiger partial charge in [0.1, 0.15) is 11.4 Å². The maximum Gasteiger partial charge on any atom is 0.112 e. The van der Waals surface area contributed by atoms with Gasteiger partial charge in [-0.1, -0.05) is 53.6 Å². The molecule has 0 radical (unpaired) electrons. The SMILES string of the molecule is Cc1ccc(-c2nsnc2-c2ccc(Cl)cc2)cc1. The zero-order valence-electron chi connectivity index (χ0n) is 10.3. The Kier molecular flexibility index (Phi) is 3.32. The normalized spacial score (nSPS) is 10.6. The Morgan fingerprint density at radius 3 is 1.79 bits per heavy atom. The van der Waals surface area contributed by atoms with Gasteiger partial charge in [-0.3, -0.25) is 0 Å². The highest BCUT2D eigenvalue weighted by atomic mass is 35.5. The van der Waals surface area contributed by atoms with Crippen molar-refractivity contribution in [2.75, 3.05) is 0 Å². The quantitative estimate of drug-likeness (QED) is 0.674. The van der Waals surface area contributed by atoms with Crippen molar-refractivity contribution in [3.63, 3.8) is 0 Å². The van der Waals surface area contributed by atoms with E-state index in [0.29, 0.717) is 0 Å². The van der Waals surface area contributed by atoms with Crippen LogP contribution >= 0.6 is 23.3 Å². The van der Waals surface area contributed by atoms with Gasteiger partial charge in [0.25, 0.3) is 0 Å². The summed E-state index contributed by atoms with van der Waals surface area (Å²) in [6.07, 6.45) is 0. The summed E-state index contributed by atoms with van der Waals surface area (Å²) in [4.78, 5) is 0. The maximum absolute atomic E-state index is 5.91. The van der Waals surface area contributed by atoms with Gasteiger partial charge in [-0.05, 0) is 19.1 Å². The summed E-state index contributed by atoms with van der Waals surface area (Å²) in [7, 11) is 0. The summed E-state index contributed by atoms with van der Waals surface area (Å²) in [6.45, 7) is 2.07. The van der Waals surface area contributed by atoms with Crippen molar-refractivity contribution in [1.29, 1.82) is 0 Å². The molecule has 4 heteroatoms. The monoisotopic (exact) mass is 286 g/mol. The fraction of sp³-hybridized carbons (Fsp3) is 0.0667. The lowest BCUT2D eigenvalue weighted by Crippen LogP contribution is -1.84. The van der Waals surface area contributed by atoms with Crippen LogP contribution in [0.5, 0.6) is 0 Å². The average molecular weight is 287 g/mol. The zero-order valence-corrected chi connectivity index (χ0v) is 11.9. The Balaban J connectivity index is 2.07. The summed E-state index contributed by atoms with van der Waals surface area (Å²) in [5.41, 5.74) is 5.19. The van der Waals surface area contributed by atoms with Crippen LogP contribution in [-0.4, -0.2) is 8.75 Å². The number of hydrogen-bond acceptors (Lipinski definition) is 3. The van der Waals surface area contributed by atoms with Crippen molar-refractivity contribution >= 4 is 23.3 Å². The van der Waals surface area contributed by atoms with Crippen LogP contribution < -0.4 is 0 Å². The minimum atomic E-state index is 0.726. The molecule has 0 unspecified atom stereocenters. The molecule has 0 aliphatic rings. The average Bonchev–Trinajstić information content (AvgIpc) is 2.90. The molecule has 0 amide bonds. The van der Waals surface area contributed by atoms with Crippen LogP contribution in [0.2, 0.25) is 5.02 Å². The lowest BCUT2D eigenvalue weighted by molar-refractivity contribution is 1.43. The molecule has 0 atom stereocenters. The van der Waals surface area contributed by atoms with E-state index in [4.69, 9.17) is 11.6 Å². The molecule has 0 saturated heterocycles. The molecule has 0 spiro atoms. The molecule has 2 aromatic carbocycles. The van der Waals surface area contributed by atoms with Gasteiger partial charge in [0.15, 0.2) is 0 Å². The third kappa shape index (κ3) is 2.53. The van der Waals surface area contributed by atoms with Gasteiger partial charge in [0, 0.05) is 16.1 Å². The first-order valence-corrected chi connectivity index (χ1v) is 7.00. The second-order valence-electron chi connectivity index (χ2n) is 4.33. The second kappa shape index (κ2) is 5.11. The van der Waals surface area contributed by atoms with E-state index < -0.39 is 0 Å². The van der Waals surface area contributed by atoms with E-state index >= 15 is 0 Å². The molecule has 0 aliphatic heterocycles. The molecule has 19 heavy (non-hydrogen) atoms. The molecule has 1 aromatic heterocycles. The van der Waals surface area contributed by atoms with Gasteiger partial charge in [0.2, 0.25) is 0 Å². The van der Waals surface area contributed by atoms with E-state index in [1.165, 1.54) is 17.3 Å².